The van der Waals surface area contributed by atoms with E-state index < -0.39 is 10.0 Å². The van der Waals surface area contributed by atoms with Gasteiger partial charge in [0.05, 0.1) is 11.9 Å². The molecule has 0 aromatic heterocycles. The molecule has 2 heterocycles. The number of nitrogens with zero attached hydrogens (tertiary/aromatic N) is 2. The van der Waals surface area contributed by atoms with Gasteiger partial charge in [-0.1, -0.05) is 6.07 Å². The summed E-state index contributed by atoms with van der Waals surface area (Å²) in [4.78, 5) is 14.7. The number of nitrogens with one attached hydrogen (secondary N) is 1. The molecule has 1 N–H and O–H groups in total. The van der Waals surface area contributed by atoms with E-state index in [9.17, 15) is 13.2 Å². The zero-order valence-corrected chi connectivity index (χ0v) is 15.8. The number of amides is 1. The fourth-order valence-corrected chi connectivity index (χ4v) is 4.63. The number of carbonyl (C=O) groups is 1. The summed E-state index contributed by atoms with van der Waals surface area (Å²) in [6.07, 6.45) is 5.28. The maximum Gasteiger partial charge on any atom is 0.251 e. The first-order chi connectivity index (χ1) is 11.8. The fourth-order valence-electron chi connectivity index (χ4n) is 3.68. The molecule has 0 unspecified atom stereocenters. The second-order valence-corrected chi connectivity index (χ2v) is 9.13. The molecule has 1 fully saturated rings. The van der Waals surface area contributed by atoms with Crippen molar-refractivity contribution in [2.24, 2.45) is 5.92 Å². The molecule has 0 saturated carbocycles. The van der Waals surface area contributed by atoms with Crippen molar-refractivity contribution in [3.8, 4) is 0 Å². The third-order valence-electron chi connectivity index (χ3n) is 5.28. The van der Waals surface area contributed by atoms with Gasteiger partial charge in [-0.2, -0.15) is 0 Å². The highest BCUT2D eigenvalue weighted by atomic mass is 32.2. The molecule has 1 aromatic rings. The van der Waals surface area contributed by atoms with Crippen molar-refractivity contribution in [1.82, 2.24) is 10.2 Å². The lowest BCUT2D eigenvalue weighted by molar-refractivity contribution is 0.0949. The Labute approximate surface area is 150 Å². The first-order valence-corrected chi connectivity index (χ1v) is 10.8. The summed E-state index contributed by atoms with van der Waals surface area (Å²) in [6.45, 7) is 3.38. The Kier molecular flexibility index (Phi) is 5.34. The summed E-state index contributed by atoms with van der Waals surface area (Å²) in [5.41, 5.74) is 2.15. The number of fused-ring (bicyclic) bond motifs is 1. The van der Waals surface area contributed by atoms with Crippen molar-refractivity contribution >= 4 is 21.6 Å². The Morgan fingerprint density at radius 3 is 2.64 bits per heavy atom. The van der Waals surface area contributed by atoms with Crippen molar-refractivity contribution in [1.29, 1.82) is 0 Å². The average molecular weight is 365 g/mol. The number of sulfonamides is 1. The number of hydrogen-bond donors (Lipinski definition) is 1. The summed E-state index contributed by atoms with van der Waals surface area (Å²) in [7, 11) is -1.15. The van der Waals surface area contributed by atoms with Crippen LogP contribution in [0.25, 0.3) is 0 Å². The molecule has 0 spiro atoms. The zero-order chi connectivity index (χ0) is 18.0. The van der Waals surface area contributed by atoms with Crippen LogP contribution in [-0.2, 0) is 16.4 Å². The molecule has 0 bridgehead atoms. The zero-order valence-electron chi connectivity index (χ0n) is 15.0. The minimum absolute atomic E-state index is 0.129. The fraction of sp³-hybridized carbons (Fsp3) is 0.611. The van der Waals surface area contributed by atoms with Crippen LogP contribution < -0.4 is 9.62 Å². The van der Waals surface area contributed by atoms with Crippen LogP contribution in [0, 0.1) is 5.92 Å². The normalized spacial score (nSPS) is 19.0. The summed E-state index contributed by atoms with van der Waals surface area (Å²) < 4.78 is 25.1. The number of hydrogen-bond acceptors (Lipinski definition) is 4. The Hall–Kier alpha value is -1.60. The van der Waals surface area contributed by atoms with Crippen LogP contribution in [0.5, 0.6) is 0 Å². The van der Waals surface area contributed by atoms with Crippen LogP contribution >= 0.6 is 0 Å². The maximum atomic E-state index is 12.4. The lowest BCUT2D eigenvalue weighted by Gasteiger charge is -2.28. The van der Waals surface area contributed by atoms with E-state index in [1.54, 1.807) is 12.1 Å². The van der Waals surface area contributed by atoms with E-state index in [0.717, 1.165) is 25.1 Å². The van der Waals surface area contributed by atoms with Gasteiger partial charge in [0.2, 0.25) is 10.0 Å². The Morgan fingerprint density at radius 2 is 1.96 bits per heavy atom. The van der Waals surface area contributed by atoms with Crippen LogP contribution in [0.1, 0.15) is 35.2 Å². The Bertz CT molecular complexity index is 740. The monoisotopic (exact) mass is 365 g/mol. The molecule has 2 aliphatic heterocycles. The minimum atomic E-state index is -3.30. The first kappa shape index (κ1) is 18.2. The predicted octanol–water partition coefficient (Wildman–Crippen LogP) is 1.47. The van der Waals surface area contributed by atoms with Crippen LogP contribution in [-0.4, -0.2) is 58.7 Å². The highest BCUT2D eigenvalue weighted by molar-refractivity contribution is 7.92. The van der Waals surface area contributed by atoms with Gasteiger partial charge in [-0.3, -0.25) is 9.10 Å². The summed E-state index contributed by atoms with van der Waals surface area (Å²) in [5, 5.41) is 2.98. The van der Waals surface area contributed by atoms with E-state index in [-0.39, 0.29) is 5.91 Å². The first-order valence-electron chi connectivity index (χ1n) is 8.92. The number of benzene rings is 1. The predicted molar refractivity (Wildman–Crippen MR) is 99.5 cm³/mol. The van der Waals surface area contributed by atoms with E-state index in [4.69, 9.17) is 0 Å². The van der Waals surface area contributed by atoms with E-state index in [0.29, 0.717) is 36.7 Å². The molecule has 0 radical (unpaired) electrons. The molecule has 1 aromatic carbocycles. The van der Waals surface area contributed by atoms with Gasteiger partial charge in [0.25, 0.3) is 5.91 Å². The number of piperidine rings is 1. The van der Waals surface area contributed by atoms with Crippen molar-refractivity contribution in [2.45, 2.75) is 25.7 Å². The highest BCUT2D eigenvalue weighted by Crippen LogP contribution is 2.31. The van der Waals surface area contributed by atoms with E-state index in [1.807, 2.05) is 6.07 Å². The highest BCUT2D eigenvalue weighted by Gasteiger charge is 2.27. The lowest BCUT2D eigenvalue weighted by Crippen LogP contribution is -2.32. The molecule has 3 rings (SSSR count). The van der Waals surface area contributed by atoms with Crippen LogP contribution in [0.2, 0.25) is 0 Å². The average Bonchev–Trinajstić information content (AvgIpc) is 3.00. The maximum absolute atomic E-state index is 12.4. The van der Waals surface area contributed by atoms with Gasteiger partial charge < -0.3 is 10.2 Å². The quantitative estimate of drug-likeness (QED) is 0.858. The van der Waals surface area contributed by atoms with Gasteiger partial charge in [-0.15, -0.1) is 0 Å². The minimum Gasteiger partial charge on any atom is -0.352 e. The number of anilines is 1. The Morgan fingerprint density at radius 1 is 1.24 bits per heavy atom. The topological polar surface area (TPSA) is 69.7 Å². The standard InChI is InChI=1S/C18H27N3O3S/c1-20-10-6-14(7-11-20)5-9-19-18(22)16-4-3-15-8-12-21(17(15)13-16)25(2,23)24/h3-4,13-14H,5-12H2,1-2H3,(H,19,22). The third-order valence-corrected chi connectivity index (χ3v) is 6.46. The lowest BCUT2D eigenvalue weighted by atomic mass is 9.94. The molecule has 6 nitrogen and oxygen atoms in total. The largest absolute Gasteiger partial charge is 0.352 e. The van der Waals surface area contributed by atoms with Gasteiger partial charge in [-0.25, -0.2) is 8.42 Å². The van der Waals surface area contributed by atoms with Crippen LogP contribution in [0.3, 0.4) is 0 Å². The molecule has 2 aliphatic rings. The smallest absolute Gasteiger partial charge is 0.251 e. The number of likely N-dealkylation sites (tertiary alicyclic amines) is 1. The van der Waals surface area contributed by atoms with Gasteiger partial charge >= 0.3 is 0 Å². The molecule has 7 heteroatoms. The van der Waals surface area contributed by atoms with Gasteiger partial charge in [-0.05, 0) is 69.4 Å². The molecular formula is C18H27N3O3S. The molecule has 138 valence electrons. The molecule has 0 aliphatic carbocycles. The molecular weight excluding hydrogens is 338 g/mol. The van der Waals surface area contributed by atoms with E-state index >= 15 is 0 Å². The van der Waals surface area contributed by atoms with Crippen LogP contribution in [0.15, 0.2) is 18.2 Å². The summed E-state index contributed by atoms with van der Waals surface area (Å²) >= 11 is 0. The second kappa shape index (κ2) is 7.33. The van der Waals surface area contributed by atoms with Crippen molar-refractivity contribution in [3.05, 3.63) is 29.3 Å². The van der Waals surface area contributed by atoms with Crippen molar-refractivity contribution in [2.75, 3.05) is 43.8 Å². The Balaban J connectivity index is 1.58. The molecule has 1 saturated heterocycles. The van der Waals surface area contributed by atoms with E-state index in [1.165, 1.54) is 23.4 Å². The molecule has 1 amide bonds. The van der Waals surface area contributed by atoms with Crippen molar-refractivity contribution < 1.29 is 13.2 Å². The van der Waals surface area contributed by atoms with Gasteiger partial charge in [0.15, 0.2) is 0 Å². The summed E-state index contributed by atoms with van der Waals surface area (Å²) in [5.74, 6) is 0.549. The SMILES string of the molecule is CN1CCC(CCNC(=O)c2ccc3c(c2)N(S(C)(=O)=O)CC3)CC1. The van der Waals surface area contributed by atoms with Crippen molar-refractivity contribution in [3.63, 3.8) is 0 Å². The van der Waals surface area contributed by atoms with E-state index in [2.05, 4.69) is 17.3 Å². The van der Waals surface area contributed by atoms with Gasteiger partial charge in [0.1, 0.15) is 0 Å². The molecule has 25 heavy (non-hydrogen) atoms. The number of carbonyl (C=O) groups excluding carboxylic acids is 1. The summed E-state index contributed by atoms with van der Waals surface area (Å²) in [6, 6.07) is 5.36. The van der Waals surface area contributed by atoms with Crippen LogP contribution in [0.4, 0.5) is 5.69 Å². The number of rotatable bonds is 5. The molecule has 0 atom stereocenters. The second-order valence-electron chi connectivity index (χ2n) is 7.22. The third kappa shape index (κ3) is 4.33. The van der Waals surface area contributed by atoms with Gasteiger partial charge in [0, 0.05) is 18.7 Å².